The first kappa shape index (κ1) is 17.2. The summed E-state index contributed by atoms with van der Waals surface area (Å²) in [6, 6.07) is 0. The maximum absolute atomic E-state index is 12.4. The number of amides is 2. The minimum Gasteiger partial charge on any atom is -0.444 e. The Bertz CT molecular complexity index is 542. The average Bonchev–Trinajstić information content (AvgIpc) is 2.52. The molecule has 1 aromatic heterocycles. The van der Waals surface area contributed by atoms with Crippen molar-refractivity contribution in [3.8, 4) is 0 Å². The van der Waals surface area contributed by atoms with Gasteiger partial charge in [0.05, 0.1) is 6.20 Å². The number of nitrogens with one attached hydrogen (secondary N) is 1. The van der Waals surface area contributed by atoms with Crippen molar-refractivity contribution in [2.75, 3.05) is 19.6 Å². The molecule has 0 aromatic carbocycles. The summed E-state index contributed by atoms with van der Waals surface area (Å²) >= 11 is 0. The molecule has 1 saturated heterocycles. The van der Waals surface area contributed by atoms with Crippen LogP contribution in [0.25, 0.3) is 0 Å². The summed E-state index contributed by atoms with van der Waals surface area (Å²) in [4.78, 5) is 33.8. The van der Waals surface area contributed by atoms with Gasteiger partial charge in [-0.15, -0.1) is 0 Å². The van der Waals surface area contributed by atoms with Gasteiger partial charge in [0.15, 0.2) is 0 Å². The van der Waals surface area contributed by atoms with Crippen LogP contribution >= 0.6 is 0 Å². The van der Waals surface area contributed by atoms with Crippen LogP contribution < -0.4 is 5.32 Å². The van der Waals surface area contributed by atoms with Gasteiger partial charge in [-0.3, -0.25) is 9.78 Å². The highest BCUT2D eigenvalue weighted by Gasteiger charge is 2.26. The van der Waals surface area contributed by atoms with Crippen molar-refractivity contribution in [1.29, 1.82) is 0 Å². The number of piperidine rings is 1. The van der Waals surface area contributed by atoms with Gasteiger partial charge >= 0.3 is 6.09 Å². The lowest BCUT2D eigenvalue weighted by molar-refractivity contribution is 0.0502. The number of carbonyl (C=O) groups is 2. The van der Waals surface area contributed by atoms with Gasteiger partial charge in [-0.2, -0.15) is 0 Å². The minimum absolute atomic E-state index is 0.111. The SMILES string of the molecule is CC(C)(C)OC(=O)NC[C@@H]1CCCN(C(=O)c2cnccn2)C1. The molecule has 1 atom stereocenters. The van der Waals surface area contributed by atoms with Crippen LogP contribution in [-0.2, 0) is 4.74 Å². The minimum atomic E-state index is -0.509. The molecule has 2 amide bonds. The molecule has 1 N–H and O–H groups in total. The van der Waals surface area contributed by atoms with Crippen molar-refractivity contribution >= 4 is 12.0 Å². The van der Waals surface area contributed by atoms with Gasteiger partial charge in [-0.25, -0.2) is 9.78 Å². The fraction of sp³-hybridized carbons (Fsp3) is 0.625. The van der Waals surface area contributed by atoms with Gasteiger partial charge in [0.1, 0.15) is 11.3 Å². The maximum Gasteiger partial charge on any atom is 0.407 e. The second-order valence-electron chi connectivity index (χ2n) is 6.73. The highest BCUT2D eigenvalue weighted by atomic mass is 16.6. The van der Waals surface area contributed by atoms with E-state index in [2.05, 4.69) is 15.3 Å². The number of aromatic nitrogens is 2. The summed E-state index contributed by atoms with van der Waals surface area (Å²) < 4.78 is 5.22. The number of likely N-dealkylation sites (tertiary alicyclic amines) is 1. The Hall–Kier alpha value is -2.18. The Kier molecular flexibility index (Phi) is 5.52. The van der Waals surface area contributed by atoms with Crippen LogP contribution in [-0.4, -0.2) is 52.1 Å². The van der Waals surface area contributed by atoms with Crippen LogP contribution in [0.2, 0.25) is 0 Å². The number of hydrogen-bond acceptors (Lipinski definition) is 5. The second kappa shape index (κ2) is 7.39. The van der Waals surface area contributed by atoms with Gasteiger partial charge in [0.2, 0.25) is 0 Å². The van der Waals surface area contributed by atoms with E-state index in [0.717, 1.165) is 12.8 Å². The van der Waals surface area contributed by atoms with E-state index < -0.39 is 11.7 Å². The van der Waals surface area contributed by atoms with Gasteiger partial charge in [0.25, 0.3) is 5.91 Å². The van der Waals surface area contributed by atoms with Crippen molar-refractivity contribution in [2.45, 2.75) is 39.2 Å². The van der Waals surface area contributed by atoms with E-state index in [0.29, 0.717) is 25.3 Å². The molecule has 0 radical (unpaired) electrons. The lowest BCUT2D eigenvalue weighted by atomic mass is 9.98. The molecule has 2 rings (SSSR count). The van der Waals surface area contributed by atoms with Crippen LogP contribution in [0.5, 0.6) is 0 Å². The third-order valence-corrected chi connectivity index (χ3v) is 3.52. The van der Waals surface area contributed by atoms with Crippen LogP contribution in [0.15, 0.2) is 18.6 Å². The smallest absolute Gasteiger partial charge is 0.407 e. The monoisotopic (exact) mass is 320 g/mol. The summed E-state index contributed by atoms with van der Waals surface area (Å²) in [5, 5.41) is 2.78. The third-order valence-electron chi connectivity index (χ3n) is 3.52. The molecule has 1 aromatic rings. The lowest BCUT2D eigenvalue weighted by Gasteiger charge is -2.32. The van der Waals surface area contributed by atoms with Crippen molar-refractivity contribution in [3.05, 3.63) is 24.3 Å². The number of rotatable bonds is 3. The zero-order valence-electron chi connectivity index (χ0n) is 13.9. The summed E-state index contributed by atoms with van der Waals surface area (Å²) in [6.45, 7) is 7.29. The molecule has 0 saturated carbocycles. The quantitative estimate of drug-likeness (QED) is 0.919. The predicted molar refractivity (Wildman–Crippen MR) is 84.9 cm³/mol. The molecule has 0 spiro atoms. The highest BCUT2D eigenvalue weighted by molar-refractivity contribution is 5.92. The largest absolute Gasteiger partial charge is 0.444 e. The van der Waals surface area contributed by atoms with Crippen LogP contribution in [0.1, 0.15) is 44.1 Å². The van der Waals surface area contributed by atoms with Crippen LogP contribution in [0.4, 0.5) is 4.79 Å². The van der Waals surface area contributed by atoms with Gasteiger partial charge in [-0.05, 0) is 39.5 Å². The molecule has 1 aliphatic rings. The topological polar surface area (TPSA) is 84.4 Å². The Labute approximate surface area is 136 Å². The number of hydrogen-bond donors (Lipinski definition) is 1. The van der Waals surface area contributed by atoms with E-state index >= 15 is 0 Å². The first-order chi connectivity index (χ1) is 10.8. The molecule has 7 nitrogen and oxygen atoms in total. The molecular weight excluding hydrogens is 296 g/mol. The Morgan fingerprint density at radius 3 is 2.83 bits per heavy atom. The van der Waals surface area contributed by atoms with E-state index in [1.54, 1.807) is 11.1 Å². The van der Waals surface area contributed by atoms with E-state index in [1.165, 1.54) is 12.4 Å². The number of carbonyl (C=O) groups excluding carboxylic acids is 2. The van der Waals surface area contributed by atoms with Crippen molar-refractivity contribution in [2.24, 2.45) is 5.92 Å². The molecule has 1 fully saturated rings. The number of alkyl carbamates (subject to hydrolysis) is 1. The van der Waals surface area contributed by atoms with E-state index in [4.69, 9.17) is 4.74 Å². The standard InChI is InChI=1S/C16H24N4O3/c1-16(2,3)23-15(22)19-9-12-5-4-8-20(11-12)14(21)13-10-17-6-7-18-13/h6-7,10,12H,4-5,8-9,11H2,1-3H3,(H,19,22)/t12-/m0/s1. The zero-order valence-corrected chi connectivity index (χ0v) is 13.9. The molecular formula is C16H24N4O3. The zero-order chi connectivity index (χ0) is 16.9. The summed E-state index contributed by atoms with van der Waals surface area (Å²) in [5.74, 6) is 0.108. The van der Waals surface area contributed by atoms with Crippen molar-refractivity contribution in [3.63, 3.8) is 0 Å². The average molecular weight is 320 g/mol. The first-order valence-corrected chi connectivity index (χ1v) is 7.87. The number of ether oxygens (including phenoxy) is 1. The first-order valence-electron chi connectivity index (χ1n) is 7.87. The Morgan fingerprint density at radius 2 is 2.17 bits per heavy atom. The van der Waals surface area contributed by atoms with Crippen LogP contribution in [0, 0.1) is 5.92 Å². The van der Waals surface area contributed by atoms with Gasteiger partial charge < -0.3 is 15.0 Å². The molecule has 0 bridgehead atoms. The highest BCUT2D eigenvalue weighted by Crippen LogP contribution is 2.17. The normalized spacial score (nSPS) is 18.4. The molecule has 126 valence electrons. The molecule has 0 unspecified atom stereocenters. The maximum atomic E-state index is 12.4. The Morgan fingerprint density at radius 1 is 1.39 bits per heavy atom. The number of nitrogens with zero attached hydrogens (tertiary/aromatic N) is 3. The lowest BCUT2D eigenvalue weighted by Crippen LogP contribution is -2.44. The summed E-state index contributed by atoms with van der Waals surface area (Å²) in [5.41, 5.74) is -0.154. The summed E-state index contributed by atoms with van der Waals surface area (Å²) in [7, 11) is 0. The molecule has 1 aliphatic heterocycles. The van der Waals surface area contributed by atoms with E-state index in [9.17, 15) is 9.59 Å². The van der Waals surface area contributed by atoms with Crippen LogP contribution in [0.3, 0.4) is 0 Å². The van der Waals surface area contributed by atoms with Gasteiger partial charge in [-0.1, -0.05) is 0 Å². The fourth-order valence-electron chi connectivity index (χ4n) is 2.53. The Balaban J connectivity index is 1.84. The predicted octanol–water partition coefficient (Wildman–Crippen LogP) is 1.85. The molecule has 23 heavy (non-hydrogen) atoms. The molecule has 0 aliphatic carbocycles. The van der Waals surface area contributed by atoms with Crippen molar-refractivity contribution in [1.82, 2.24) is 20.2 Å². The third kappa shape index (κ3) is 5.50. The van der Waals surface area contributed by atoms with E-state index in [1.807, 2.05) is 20.8 Å². The molecule has 2 heterocycles. The summed E-state index contributed by atoms with van der Waals surface area (Å²) in [6.07, 6.45) is 5.99. The van der Waals surface area contributed by atoms with Crippen molar-refractivity contribution < 1.29 is 14.3 Å². The second-order valence-corrected chi connectivity index (χ2v) is 6.73. The molecule has 7 heteroatoms. The van der Waals surface area contributed by atoms with E-state index in [-0.39, 0.29) is 11.8 Å². The fourth-order valence-corrected chi connectivity index (χ4v) is 2.53. The van der Waals surface area contributed by atoms with Gasteiger partial charge in [0, 0.05) is 32.0 Å².